The van der Waals surface area contributed by atoms with Crippen LogP contribution in [0.15, 0.2) is 30.3 Å². The van der Waals surface area contributed by atoms with Crippen LogP contribution in [0.5, 0.6) is 5.75 Å². The van der Waals surface area contributed by atoms with Gasteiger partial charge in [0.25, 0.3) is 0 Å². The smallest absolute Gasteiger partial charge is 0.125 e. The summed E-state index contributed by atoms with van der Waals surface area (Å²) < 4.78 is 17.8. The monoisotopic (exact) mass is 317 g/mol. The fraction of sp³-hybridized carbons (Fsp3) is 0.684. The van der Waals surface area contributed by atoms with Crippen molar-refractivity contribution >= 4 is 0 Å². The Labute approximate surface area is 138 Å². The number of para-hydroxylation sites is 1. The second-order valence-corrected chi connectivity index (χ2v) is 7.28. The van der Waals surface area contributed by atoms with E-state index in [2.05, 4.69) is 4.90 Å². The maximum Gasteiger partial charge on any atom is 0.125 e. The van der Waals surface area contributed by atoms with Crippen molar-refractivity contribution in [2.24, 2.45) is 5.92 Å². The Morgan fingerprint density at radius 3 is 2.70 bits per heavy atom. The summed E-state index contributed by atoms with van der Waals surface area (Å²) in [7, 11) is 0. The zero-order chi connectivity index (χ0) is 15.5. The summed E-state index contributed by atoms with van der Waals surface area (Å²) in [6.45, 7) is 6.11. The number of piperidine rings is 1. The van der Waals surface area contributed by atoms with Crippen LogP contribution >= 0.6 is 0 Å². The summed E-state index contributed by atoms with van der Waals surface area (Å²) in [5, 5.41) is 0. The number of ether oxygens (including phenoxy) is 3. The first-order valence-corrected chi connectivity index (χ1v) is 8.97. The lowest BCUT2D eigenvalue weighted by Gasteiger charge is -2.39. The van der Waals surface area contributed by atoms with Crippen LogP contribution < -0.4 is 4.74 Å². The van der Waals surface area contributed by atoms with E-state index in [4.69, 9.17) is 14.2 Å². The molecular weight excluding hydrogens is 290 g/mol. The number of hydrogen-bond acceptors (Lipinski definition) is 4. The Morgan fingerprint density at radius 1 is 1.13 bits per heavy atom. The average molecular weight is 317 g/mol. The Hall–Kier alpha value is -1.10. The van der Waals surface area contributed by atoms with Crippen LogP contribution in [0.2, 0.25) is 0 Å². The second-order valence-electron chi connectivity index (χ2n) is 7.28. The second kappa shape index (κ2) is 6.80. The zero-order valence-corrected chi connectivity index (χ0v) is 13.8. The van der Waals surface area contributed by atoms with Gasteiger partial charge < -0.3 is 19.1 Å². The van der Waals surface area contributed by atoms with Gasteiger partial charge in [0.2, 0.25) is 0 Å². The summed E-state index contributed by atoms with van der Waals surface area (Å²) in [4.78, 5) is 2.60. The van der Waals surface area contributed by atoms with Crippen molar-refractivity contribution in [2.75, 3.05) is 39.5 Å². The minimum absolute atomic E-state index is 0.0577. The number of benzene rings is 1. The SMILES string of the molecule is c1ccc(O[C@@H]2COC3(CCN(C[C@@H]4CCOC4)CC3)C2)cc1. The molecule has 3 aliphatic rings. The molecule has 0 aliphatic carbocycles. The lowest BCUT2D eigenvalue weighted by molar-refractivity contribution is -0.0462. The van der Waals surface area contributed by atoms with Gasteiger partial charge in [-0.15, -0.1) is 0 Å². The molecule has 4 heteroatoms. The average Bonchev–Trinajstić information content (AvgIpc) is 3.22. The standard InChI is InChI=1S/C19H27NO3/c1-2-4-17(5-3-1)23-18-12-19(22-15-18)7-9-20(10-8-19)13-16-6-11-21-14-16/h1-5,16,18H,6-15H2/t16-,18-/m0/s1. The van der Waals surface area contributed by atoms with Gasteiger partial charge >= 0.3 is 0 Å². The molecule has 2 atom stereocenters. The van der Waals surface area contributed by atoms with Crippen molar-refractivity contribution < 1.29 is 14.2 Å². The first kappa shape index (κ1) is 15.4. The molecule has 0 aromatic heterocycles. The van der Waals surface area contributed by atoms with Crippen molar-refractivity contribution in [1.82, 2.24) is 4.90 Å². The third kappa shape index (κ3) is 3.70. The van der Waals surface area contributed by atoms with Crippen molar-refractivity contribution in [3.8, 4) is 5.75 Å². The molecule has 4 nitrogen and oxygen atoms in total. The fourth-order valence-corrected chi connectivity index (χ4v) is 4.15. The quantitative estimate of drug-likeness (QED) is 0.854. The van der Waals surface area contributed by atoms with Gasteiger partial charge in [0.15, 0.2) is 0 Å². The van der Waals surface area contributed by atoms with E-state index in [1.807, 2.05) is 30.3 Å². The van der Waals surface area contributed by atoms with Gasteiger partial charge in [-0.2, -0.15) is 0 Å². The highest BCUT2D eigenvalue weighted by Gasteiger charge is 2.43. The van der Waals surface area contributed by atoms with Gasteiger partial charge in [0.05, 0.1) is 18.8 Å². The number of nitrogens with zero attached hydrogens (tertiary/aromatic N) is 1. The van der Waals surface area contributed by atoms with Crippen LogP contribution in [0.3, 0.4) is 0 Å². The molecule has 3 saturated heterocycles. The minimum Gasteiger partial charge on any atom is -0.488 e. The highest BCUT2D eigenvalue weighted by molar-refractivity contribution is 5.21. The van der Waals surface area contributed by atoms with Crippen molar-refractivity contribution in [3.63, 3.8) is 0 Å². The van der Waals surface area contributed by atoms with Crippen LogP contribution in [0.1, 0.15) is 25.7 Å². The van der Waals surface area contributed by atoms with Crippen LogP contribution in [-0.4, -0.2) is 56.1 Å². The molecular formula is C19H27NO3. The number of rotatable bonds is 4. The lowest BCUT2D eigenvalue weighted by Crippen LogP contribution is -2.45. The highest BCUT2D eigenvalue weighted by atomic mass is 16.6. The van der Waals surface area contributed by atoms with E-state index in [0.29, 0.717) is 0 Å². The molecule has 0 radical (unpaired) electrons. The maximum atomic E-state index is 6.21. The molecule has 1 aromatic carbocycles. The molecule has 4 rings (SSSR count). The molecule has 0 bridgehead atoms. The number of likely N-dealkylation sites (tertiary alicyclic amines) is 1. The van der Waals surface area contributed by atoms with Crippen LogP contribution in [0.25, 0.3) is 0 Å². The molecule has 0 amide bonds. The van der Waals surface area contributed by atoms with Gasteiger partial charge in [-0.25, -0.2) is 0 Å². The third-order valence-electron chi connectivity index (χ3n) is 5.53. The van der Waals surface area contributed by atoms with Gasteiger partial charge in [0, 0.05) is 32.7 Å². The summed E-state index contributed by atoms with van der Waals surface area (Å²) in [5.41, 5.74) is 0.0577. The normalized spacial score (nSPS) is 30.8. The van der Waals surface area contributed by atoms with Crippen LogP contribution in [-0.2, 0) is 9.47 Å². The van der Waals surface area contributed by atoms with Crippen molar-refractivity contribution in [1.29, 1.82) is 0 Å². The summed E-state index contributed by atoms with van der Waals surface area (Å²) in [6.07, 6.45) is 4.73. The number of hydrogen-bond donors (Lipinski definition) is 0. The molecule has 0 saturated carbocycles. The summed E-state index contributed by atoms with van der Waals surface area (Å²) in [5.74, 6) is 1.69. The Balaban J connectivity index is 1.26. The van der Waals surface area contributed by atoms with E-state index in [0.717, 1.165) is 63.8 Å². The predicted molar refractivity (Wildman–Crippen MR) is 88.8 cm³/mol. The molecule has 0 N–H and O–H groups in total. The van der Waals surface area contributed by atoms with E-state index in [1.165, 1.54) is 13.0 Å². The Kier molecular flexibility index (Phi) is 4.56. The van der Waals surface area contributed by atoms with Gasteiger partial charge in [-0.1, -0.05) is 18.2 Å². The molecule has 3 heterocycles. The highest BCUT2D eigenvalue weighted by Crippen LogP contribution is 2.37. The van der Waals surface area contributed by atoms with E-state index in [1.54, 1.807) is 0 Å². The first-order chi connectivity index (χ1) is 11.3. The van der Waals surface area contributed by atoms with E-state index in [-0.39, 0.29) is 11.7 Å². The Morgan fingerprint density at radius 2 is 1.96 bits per heavy atom. The summed E-state index contributed by atoms with van der Waals surface area (Å²) >= 11 is 0. The molecule has 1 aromatic rings. The molecule has 126 valence electrons. The predicted octanol–water partition coefficient (Wildman–Crippen LogP) is 2.73. The summed E-state index contributed by atoms with van der Waals surface area (Å²) in [6, 6.07) is 10.1. The van der Waals surface area contributed by atoms with E-state index in [9.17, 15) is 0 Å². The molecule has 23 heavy (non-hydrogen) atoms. The largest absolute Gasteiger partial charge is 0.488 e. The van der Waals surface area contributed by atoms with Gasteiger partial charge in [-0.05, 0) is 37.3 Å². The molecule has 0 unspecified atom stereocenters. The molecule has 3 fully saturated rings. The molecule has 3 aliphatic heterocycles. The first-order valence-electron chi connectivity index (χ1n) is 8.97. The lowest BCUT2D eigenvalue weighted by atomic mass is 9.87. The van der Waals surface area contributed by atoms with Gasteiger partial charge in [-0.3, -0.25) is 0 Å². The van der Waals surface area contributed by atoms with Crippen LogP contribution in [0.4, 0.5) is 0 Å². The third-order valence-corrected chi connectivity index (χ3v) is 5.53. The fourth-order valence-electron chi connectivity index (χ4n) is 4.15. The van der Waals surface area contributed by atoms with Crippen molar-refractivity contribution in [2.45, 2.75) is 37.4 Å². The minimum atomic E-state index is 0.0577. The van der Waals surface area contributed by atoms with Gasteiger partial charge in [0.1, 0.15) is 11.9 Å². The maximum absolute atomic E-state index is 6.21. The molecule has 1 spiro atoms. The van der Waals surface area contributed by atoms with E-state index < -0.39 is 0 Å². The van der Waals surface area contributed by atoms with Crippen LogP contribution in [0, 0.1) is 5.92 Å². The zero-order valence-electron chi connectivity index (χ0n) is 13.8. The van der Waals surface area contributed by atoms with Crippen molar-refractivity contribution in [3.05, 3.63) is 30.3 Å². The van der Waals surface area contributed by atoms with E-state index >= 15 is 0 Å². The Bertz CT molecular complexity index is 493. The topological polar surface area (TPSA) is 30.9 Å².